The first-order chi connectivity index (χ1) is 7.22. The number of aliphatic hydroxyl groups is 1. The van der Waals surface area contributed by atoms with Crippen LogP contribution in [0.1, 0.15) is 12.0 Å². The maximum atomic E-state index is 11.6. The molecular weight excluding hydrogens is 194 g/mol. The number of hydrogen-bond acceptors (Lipinski definition) is 4. The second-order valence-corrected chi connectivity index (χ2v) is 3.63. The summed E-state index contributed by atoms with van der Waals surface area (Å²) in [5, 5.41) is 9.13. The Morgan fingerprint density at radius 2 is 2.47 bits per heavy atom. The van der Waals surface area contributed by atoms with E-state index in [1.165, 1.54) is 0 Å². The Bertz CT molecular complexity index is 381. The molecule has 2 rings (SSSR count). The van der Waals surface area contributed by atoms with E-state index in [0.29, 0.717) is 24.2 Å². The predicted molar refractivity (Wildman–Crippen MR) is 55.1 cm³/mol. The lowest BCUT2D eigenvalue weighted by Gasteiger charge is -2.18. The van der Waals surface area contributed by atoms with Crippen LogP contribution in [0.3, 0.4) is 0 Å². The van der Waals surface area contributed by atoms with Gasteiger partial charge >= 0.3 is 0 Å². The molecule has 1 saturated heterocycles. The van der Waals surface area contributed by atoms with Gasteiger partial charge in [-0.25, -0.2) is 0 Å². The lowest BCUT2D eigenvalue weighted by molar-refractivity contribution is -0.117. The normalized spacial score (nSPS) is 21.1. The van der Waals surface area contributed by atoms with E-state index in [0.717, 1.165) is 0 Å². The van der Waals surface area contributed by atoms with Gasteiger partial charge in [0.15, 0.2) is 0 Å². The molecule has 3 N–H and O–H groups in total. The summed E-state index contributed by atoms with van der Waals surface area (Å²) in [6, 6.07) is 1.58. The molecule has 5 heteroatoms. The molecule has 1 amide bonds. The van der Waals surface area contributed by atoms with E-state index in [1.54, 1.807) is 23.4 Å². The second kappa shape index (κ2) is 3.96. The number of aliphatic hydroxyl groups excluding tert-OH is 1. The highest BCUT2D eigenvalue weighted by Gasteiger charge is 2.29. The number of carbonyl (C=O) groups is 1. The number of carbonyl (C=O) groups excluding carboxylic acids is 1. The summed E-state index contributed by atoms with van der Waals surface area (Å²) in [5.41, 5.74) is 7.07. The fourth-order valence-corrected chi connectivity index (χ4v) is 1.76. The predicted octanol–water partition coefficient (Wildman–Crippen LogP) is -0.362. The van der Waals surface area contributed by atoms with E-state index in [-0.39, 0.29) is 18.6 Å². The van der Waals surface area contributed by atoms with Gasteiger partial charge in [-0.3, -0.25) is 9.78 Å². The molecule has 1 aromatic heterocycles. The van der Waals surface area contributed by atoms with Crippen molar-refractivity contribution in [2.45, 2.75) is 19.1 Å². The standard InChI is InChI=1S/C10H13N3O2/c11-8-3-10(15)13(5-8)9-4-12-2-1-7(9)6-14/h1-2,4,8,14H,3,5-6,11H2. The Hall–Kier alpha value is -1.46. The molecule has 15 heavy (non-hydrogen) atoms. The van der Waals surface area contributed by atoms with Crippen molar-refractivity contribution in [3.8, 4) is 0 Å². The second-order valence-electron chi connectivity index (χ2n) is 3.63. The summed E-state index contributed by atoms with van der Waals surface area (Å²) in [6.07, 6.45) is 3.54. The largest absolute Gasteiger partial charge is 0.392 e. The van der Waals surface area contributed by atoms with Crippen LogP contribution in [0.4, 0.5) is 5.69 Å². The number of aromatic nitrogens is 1. The lowest BCUT2D eigenvalue weighted by atomic mass is 10.2. The monoisotopic (exact) mass is 207 g/mol. The molecule has 0 saturated carbocycles. The Morgan fingerprint density at radius 3 is 3.07 bits per heavy atom. The van der Waals surface area contributed by atoms with Crippen LogP contribution in [-0.2, 0) is 11.4 Å². The summed E-state index contributed by atoms with van der Waals surface area (Å²) in [5.74, 6) is -0.00907. The Balaban J connectivity index is 2.33. The van der Waals surface area contributed by atoms with E-state index in [1.807, 2.05) is 0 Å². The molecule has 0 bridgehead atoms. The Labute approximate surface area is 87.5 Å². The van der Waals surface area contributed by atoms with Crippen LogP contribution in [0.2, 0.25) is 0 Å². The van der Waals surface area contributed by atoms with Gasteiger partial charge in [-0.2, -0.15) is 0 Å². The summed E-state index contributed by atoms with van der Waals surface area (Å²) in [7, 11) is 0. The molecule has 0 aliphatic carbocycles. The molecule has 1 fully saturated rings. The van der Waals surface area contributed by atoms with E-state index < -0.39 is 0 Å². The molecule has 0 aromatic carbocycles. The van der Waals surface area contributed by atoms with E-state index in [9.17, 15) is 4.79 Å². The van der Waals surface area contributed by atoms with Crippen molar-refractivity contribution in [2.24, 2.45) is 5.73 Å². The van der Waals surface area contributed by atoms with Crippen molar-refractivity contribution in [1.82, 2.24) is 4.98 Å². The zero-order valence-corrected chi connectivity index (χ0v) is 8.26. The molecule has 1 unspecified atom stereocenters. The van der Waals surface area contributed by atoms with Crippen LogP contribution in [0.25, 0.3) is 0 Å². The topological polar surface area (TPSA) is 79.5 Å². The average molecular weight is 207 g/mol. The third-order valence-electron chi connectivity index (χ3n) is 2.50. The molecule has 80 valence electrons. The minimum atomic E-state index is -0.121. The van der Waals surface area contributed by atoms with Gasteiger partial charge in [-0.1, -0.05) is 0 Å². The lowest BCUT2D eigenvalue weighted by Crippen LogP contribution is -2.28. The molecule has 2 heterocycles. The molecule has 0 spiro atoms. The van der Waals surface area contributed by atoms with E-state index in [4.69, 9.17) is 10.8 Å². The van der Waals surface area contributed by atoms with Crippen molar-refractivity contribution in [1.29, 1.82) is 0 Å². The van der Waals surface area contributed by atoms with Gasteiger partial charge in [0.05, 0.1) is 18.5 Å². The van der Waals surface area contributed by atoms with Crippen LogP contribution in [-0.4, -0.2) is 28.6 Å². The summed E-state index contributed by atoms with van der Waals surface area (Å²) in [4.78, 5) is 17.1. The van der Waals surface area contributed by atoms with Crippen LogP contribution in [0, 0.1) is 0 Å². The third-order valence-corrected chi connectivity index (χ3v) is 2.50. The van der Waals surface area contributed by atoms with E-state index >= 15 is 0 Å². The highest BCUT2D eigenvalue weighted by molar-refractivity contribution is 5.96. The van der Waals surface area contributed by atoms with Gasteiger partial charge in [0.2, 0.25) is 5.91 Å². The van der Waals surface area contributed by atoms with E-state index in [2.05, 4.69) is 4.98 Å². The Morgan fingerprint density at radius 1 is 1.67 bits per heavy atom. The zero-order chi connectivity index (χ0) is 10.8. The first-order valence-electron chi connectivity index (χ1n) is 4.82. The first-order valence-corrected chi connectivity index (χ1v) is 4.82. The van der Waals surface area contributed by atoms with Crippen LogP contribution < -0.4 is 10.6 Å². The third kappa shape index (κ3) is 1.84. The number of rotatable bonds is 2. The molecular formula is C10H13N3O2. The highest BCUT2D eigenvalue weighted by atomic mass is 16.3. The minimum absolute atomic E-state index is 0.00907. The molecule has 1 aromatic rings. The van der Waals surface area contributed by atoms with Gasteiger partial charge in [0.25, 0.3) is 0 Å². The Kier molecular flexibility index (Phi) is 2.66. The SMILES string of the molecule is NC1CC(=O)N(c2cnccc2CO)C1. The smallest absolute Gasteiger partial charge is 0.228 e. The van der Waals surface area contributed by atoms with Gasteiger partial charge in [-0.05, 0) is 6.07 Å². The number of pyridine rings is 1. The highest BCUT2D eigenvalue weighted by Crippen LogP contribution is 2.23. The first kappa shape index (κ1) is 10.1. The van der Waals surface area contributed by atoms with Crippen molar-refractivity contribution in [3.05, 3.63) is 24.0 Å². The average Bonchev–Trinajstić information content (AvgIpc) is 2.57. The van der Waals surface area contributed by atoms with Gasteiger partial charge in [0, 0.05) is 30.8 Å². The fraction of sp³-hybridized carbons (Fsp3) is 0.400. The number of amides is 1. The molecule has 0 radical (unpaired) electrons. The molecule has 1 aliphatic heterocycles. The van der Waals surface area contributed by atoms with Crippen molar-refractivity contribution in [3.63, 3.8) is 0 Å². The van der Waals surface area contributed by atoms with Gasteiger partial charge in [-0.15, -0.1) is 0 Å². The maximum Gasteiger partial charge on any atom is 0.228 e. The summed E-state index contributed by atoms with van der Waals surface area (Å²) < 4.78 is 0. The van der Waals surface area contributed by atoms with Gasteiger partial charge < -0.3 is 15.7 Å². The van der Waals surface area contributed by atoms with Crippen molar-refractivity contribution in [2.75, 3.05) is 11.4 Å². The van der Waals surface area contributed by atoms with Crippen molar-refractivity contribution < 1.29 is 9.90 Å². The van der Waals surface area contributed by atoms with Crippen LogP contribution in [0.5, 0.6) is 0 Å². The molecule has 1 atom stereocenters. The molecule has 5 nitrogen and oxygen atoms in total. The van der Waals surface area contributed by atoms with Crippen LogP contribution in [0.15, 0.2) is 18.5 Å². The maximum absolute atomic E-state index is 11.6. The summed E-state index contributed by atoms with van der Waals surface area (Å²) >= 11 is 0. The quantitative estimate of drug-likeness (QED) is 0.694. The minimum Gasteiger partial charge on any atom is -0.392 e. The zero-order valence-electron chi connectivity index (χ0n) is 8.26. The van der Waals surface area contributed by atoms with Crippen LogP contribution >= 0.6 is 0 Å². The fourth-order valence-electron chi connectivity index (χ4n) is 1.76. The number of nitrogens with two attached hydrogens (primary N) is 1. The number of hydrogen-bond donors (Lipinski definition) is 2. The summed E-state index contributed by atoms with van der Waals surface area (Å²) in [6.45, 7) is 0.397. The number of anilines is 1. The molecule has 1 aliphatic rings. The van der Waals surface area contributed by atoms with Gasteiger partial charge in [0.1, 0.15) is 0 Å². The van der Waals surface area contributed by atoms with Crippen molar-refractivity contribution >= 4 is 11.6 Å². The number of nitrogens with zero attached hydrogens (tertiary/aromatic N) is 2.